The Morgan fingerprint density at radius 3 is 2.47 bits per heavy atom. The van der Waals surface area contributed by atoms with E-state index in [1.54, 1.807) is 36.4 Å². The fraction of sp³-hybridized carbons (Fsp3) is 0.409. The van der Waals surface area contributed by atoms with Crippen molar-refractivity contribution in [3.05, 3.63) is 64.7 Å². The summed E-state index contributed by atoms with van der Waals surface area (Å²) in [5.41, 5.74) is 1.38. The van der Waals surface area contributed by atoms with E-state index in [4.69, 9.17) is 11.6 Å². The minimum atomic E-state index is -3.58. The van der Waals surface area contributed by atoms with Gasteiger partial charge in [-0.2, -0.15) is 0 Å². The van der Waals surface area contributed by atoms with Crippen LogP contribution in [0.1, 0.15) is 36.9 Å². The fourth-order valence-corrected chi connectivity index (χ4v) is 6.20. The summed E-state index contributed by atoms with van der Waals surface area (Å²) < 4.78 is 50.4. The Balaban J connectivity index is 1.63. The zero-order chi connectivity index (χ0) is 23.5. The van der Waals surface area contributed by atoms with Gasteiger partial charge in [0.1, 0.15) is 0 Å². The van der Waals surface area contributed by atoms with E-state index in [9.17, 15) is 21.6 Å². The molecule has 32 heavy (non-hydrogen) atoms. The molecule has 10 heteroatoms. The third kappa shape index (κ3) is 6.31. The summed E-state index contributed by atoms with van der Waals surface area (Å²) in [5, 5.41) is 3.40. The van der Waals surface area contributed by atoms with E-state index in [1.165, 1.54) is 16.4 Å². The van der Waals surface area contributed by atoms with E-state index in [0.29, 0.717) is 30.0 Å². The molecule has 0 aromatic heterocycles. The van der Waals surface area contributed by atoms with Crippen molar-refractivity contribution in [1.82, 2.24) is 9.62 Å². The maximum Gasteiger partial charge on any atom is 0.224 e. The van der Waals surface area contributed by atoms with Crippen molar-refractivity contribution in [2.24, 2.45) is 5.92 Å². The number of sulfone groups is 1. The van der Waals surface area contributed by atoms with Gasteiger partial charge in [0.15, 0.2) is 9.84 Å². The Morgan fingerprint density at radius 2 is 1.84 bits per heavy atom. The molecule has 0 bridgehead atoms. The number of carbonyl (C=O) groups excluding carboxylic acids is 1. The summed E-state index contributed by atoms with van der Waals surface area (Å²) in [6.45, 7) is 2.33. The third-order valence-corrected chi connectivity index (χ3v) is 8.73. The molecule has 1 N–H and O–H groups in total. The lowest BCUT2D eigenvalue weighted by atomic mass is 9.98. The van der Waals surface area contributed by atoms with E-state index in [1.807, 2.05) is 6.92 Å². The maximum absolute atomic E-state index is 12.9. The zero-order valence-electron chi connectivity index (χ0n) is 18.0. The molecule has 1 aliphatic heterocycles. The number of benzene rings is 2. The molecule has 1 heterocycles. The predicted molar refractivity (Wildman–Crippen MR) is 124 cm³/mol. The van der Waals surface area contributed by atoms with Gasteiger partial charge in [0.2, 0.25) is 15.9 Å². The molecule has 1 fully saturated rings. The Hall–Kier alpha value is -1.94. The molecule has 7 nitrogen and oxygen atoms in total. The zero-order valence-corrected chi connectivity index (χ0v) is 20.4. The van der Waals surface area contributed by atoms with Crippen LogP contribution in [0.4, 0.5) is 0 Å². The molecule has 2 aromatic rings. The van der Waals surface area contributed by atoms with Crippen molar-refractivity contribution in [1.29, 1.82) is 0 Å². The molecule has 1 saturated heterocycles. The summed E-state index contributed by atoms with van der Waals surface area (Å²) >= 11 is 5.96. The molecular formula is C22H27ClN2O5S2. The van der Waals surface area contributed by atoms with Crippen molar-refractivity contribution < 1.29 is 21.6 Å². The van der Waals surface area contributed by atoms with Crippen LogP contribution in [0.15, 0.2) is 53.4 Å². The summed E-state index contributed by atoms with van der Waals surface area (Å²) in [5.74, 6) is -0.826. The summed E-state index contributed by atoms with van der Waals surface area (Å²) in [6, 6.07) is 12.8. The highest BCUT2D eigenvalue weighted by Gasteiger charge is 2.33. The summed E-state index contributed by atoms with van der Waals surface area (Å²) in [6.07, 6.45) is 2.35. The number of amides is 1. The summed E-state index contributed by atoms with van der Waals surface area (Å²) in [4.78, 5) is 13.1. The molecule has 0 spiro atoms. The monoisotopic (exact) mass is 498 g/mol. The third-order valence-electron chi connectivity index (χ3n) is 5.55. The largest absolute Gasteiger partial charge is 0.349 e. The van der Waals surface area contributed by atoms with E-state index < -0.39 is 25.8 Å². The number of halogens is 1. The van der Waals surface area contributed by atoms with Crippen molar-refractivity contribution in [3.8, 4) is 0 Å². The number of nitrogens with zero attached hydrogens (tertiary/aromatic N) is 1. The van der Waals surface area contributed by atoms with E-state index in [2.05, 4.69) is 5.32 Å². The lowest BCUT2D eigenvalue weighted by Gasteiger charge is -2.32. The van der Waals surface area contributed by atoms with Crippen LogP contribution in [0.2, 0.25) is 5.02 Å². The first-order valence-electron chi connectivity index (χ1n) is 10.3. The minimum absolute atomic E-state index is 0.133. The average molecular weight is 499 g/mol. The van der Waals surface area contributed by atoms with Gasteiger partial charge in [0, 0.05) is 24.4 Å². The molecular weight excluding hydrogens is 472 g/mol. The van der Waals surface area contributed by atoms with Gasteiger partial charge in [-0.3, -0.25) is 4.79 Å². The molecule has 0 saturated carbocycles. The number of sulfonamides is 1. The number of piperidine rings is 1. The van der Waals surface area contributed by atoms with Crippen LogP contribution in [-0.2, 0) is 30.4 Å². The van der Waals surface area contributed by atoms with Gasteiger partial charge in [0.05, 0.1) is 22.6 Å². The van der Waals surface area contributed by atoms with Gasteiger partial charge in [-0.25, -0.2) is 21.1 Å². The second-order valence-electron chi connectivity index (χ2n) is 8.15. The summed E-state index contributed by atoms with van der Waals surface area (Å²) in [7, 11) is -6.87. The Labute approximate surface area is 194 Å². The second-order valence-corrected chi connectivity index (χ2v) is 12.6. The molecule has 1 aliphatic rings. The lowest BCUT2D eigenvalue weighted by molar-refractivity contribution is -0.126. The van der Waals surface area contributed by atoms with Crippen LogP contribution in [0.25, 0.3) is 0 Å². The molecule has 1 amide bonds. The van der Waals surface area contributed by atoms with Crippen LogP contribution in [0.5, 0.6) is 0 Å². The molecule has 0 aliphatic carbocycles. The fourth-order valence-electron chi connectivity index (χ4n) is 3.76. The molecule has 0 radical (unpaired) electrons. The Bertz CT molecular complexity index is 1180. The second kappa shape index (κ2) is 9.91. The lowest BCUT2D eigenvalue weighted by Crippen LogP contribution is -2.46. The van der Waals surface area contributed by atoms with Gasteiger partial charge in [-0.15, -0.1) is 0 Å². The topological polar surface area (TPSA) is 101 Å². The molecule has 2 aromatic carbocycles. The smallest absolute Gasteiger partial charge is 0.224 e. The quantitative estimate of drug-likeness (QED) is 0.632. The van der Waals surface area contributed by atoms with Gasteiger partial charge < -0.3 is 5.32 Å². The van der Waals surface area contributed by atoms with Crippen LogP contribution in [-0.4, -0.2) is 46.4 Å². The normalized spacial score (nSPS) is 18.8. The van der Waals surface area contributed by atoms with E-state index >= 15 is 0 Å². The molecule has 174 valence electrons. The van der Waals surface area contributed by atoms with Gasteiger partial charge in [-0.05, 0) is 55.2 Å². The maximum atomic E-state index is 12.9. The van der Waals surface area contributed by atoms with Gasteiger partial charge >= 0.3 is 0 Å². The molecule has 0 unspecified atom stereocenters. The van der Waals surface area contributed by atoms with Crippen molar-refractivity contribution in [2.45, 2.75) is 36.5 Å². The predicted octanol–water partition coefficient (Wildman–Crippen LogP) is 3.16. The van der Waals surface area contributed by atoms with Gasteiger partial charge in [-0.1, -0.05) is 35.9 Å². The number of hydrogen-bond acceptors (Lipinski definition) is 5. The van der Waals surface area contributed by atoms with Crippen LogP contribution in [0, 0.1) is 5.92 Å². The van der Waals surface area contributed by atoms with E-state index in [0.717, 1.165) is 11.8 Å². The first-order valence-corrected chi connectivity index (χ1v) is 14.2. The van der Waals surface area contributed by atoms with Crippen molar-refractivity contribution in [2.75, 3.05) is 19.3 Å². The highest BCUT2D eigenvalue weighted by atomic mass is 35.5. The highest BCUT2D eigenvalue weighted by molar-refractivity contribution is 7.90. The Kier molecular flexibility index (Phi) is 7.65. The van der Waals surface area contributed by atoms with Crippen LogP contribution < -0.4 is 5.32 Å². The average Bonchev–Trinajstić information content (AvgIpc) is 2.73. The number of hydrogen-bond donors (Lipinski definition) is 1. The first-order chi connectivity index (χ1) is 15.0. The molecule has 2 atom stereocenters. The number of carbonyl (C=O) groups is 1. The number of nitrogens with one attached hydrogen (secondary N) is 1. The van der Waals surface area contributed by atoms with E-state index in [-0.39, 0.29) is 29.1 Å². The standard InChI is InChI=1S/C22H27ClN2O5S2/c1-16(18-8-10-21(11-9-18)31(2,27)28)24-22(26)19-6-4-12-25(14-19)32(29,30)15-17-5-3-7-20(23)13-17/h3,5,7-11,13,16,19H,4,6,12,14-15H2,1-2H3,(H,24,26)/t16-,19-/m1/s1. The van der Waals surface area contributed by atoms with Crippen LogP contribution in [0.3, 0.4) is 0 Å². The minimum Gasteiger partial charge on any atom is -0.349 e. The van der Waals surface area contributed by atoms with Crippen molar-refractivity contribution >= 4 is 37.4 Å². The number of rotatable bonds is 7. The van der Waals surface area contributed by atoms with Gasteiger partial charge in [0.25, 0.3) is 0 Å². The first kappa shape index (κ1) is 24.7. The van der Waals surface area contributed by atoms with Crippen LogP contribution >= 0.6 is 11.6 Å². The Morgan fingerprint density at radius 1 is 1.16 bits per heavy atom. The highest BCUT2D eigenvalue weighted by Crippen LogP contribution is 2.24. The SMILES string of the molecule is C[C@@H](NC(=O)[C@@H]1CCCN(S(=O)(=O)Cc2cccc(Cl)c2)C1)c1ccc(S(C)(=O)=O)cc1. The van der Waals surface area contributed by atoms with Crippen molar-refractivity contribution in [3.63, 3.8) is 0 Å². The molecule has 3 rings (SSSR count).